The summed E-state index contributed by atoms with van der Waals surface area (Å²) in [6.07, 6.45) is -5.17. The van der Waals surface area contributed by atoms with Crippen LogP contribution in [-0.2, 0) is 0 Å². The Labute approximate surface area is 126 Å². The van der Waals surface area contributed by atoms with Crippen molar-refractivity contribution in [2.75, 3.05) is 5.32 Å². The van der Waals surface area contributed by atoms with Crippen LogP contribution in [0.5, 0.6) is 0 Å². The molecule has 0 aromatic heterocycles. The summed E-state index contributed by atoms with van der Waals surface area (Å²) in [5, 5.41) is 3.53. The third-order valence-electron chi connectivity index (χ3n) is 3.16. The van der Waals surface area contributed by atoms with Gasteiger partial charge >= 0.3 is 6.18 Å². The second-order valence-corrected chi connectivity index (χ2v) is 5.32. The van der Waals surface area contributed by atoms with Crippen LogP contribution in [0.2, 0.25) is 5.02 Å². The molecule has 2 aromatic rings. The fourth-order valence-electron chi connectivity index (χ4n) is 2.15. The van der Waals surface area contributed by atoms with Gasteiger partial charge in [-0.05, 0) is 36.2 Å². The molecule has 2 rings (SSSR count). The fourth-order valence-corrected chi connectivity index (χ4v) is 2.37. The molecule has 0 bridgehead atoms. The largest absolute Gasteiger partial charge is 0.391 e. The highest BCUT2D eigenvalue weighted by Crippen LogP contribution is 2.33. The topological polar surface area (TPSA) is 12.0 Å². The monoisotopic (exact) mass is 313 g/mol. The summed E-state index contributed by atoms with van der Waals surface area (Å²) in [6, 6.07) is 12.9. The van der Waals surface area contributed by atoms with Crippen molar-refractivity contribution in [2.24, 2.45) is 0 Å². The van der Waals surface area contributed by atoms with E-state index in [1.54, 1.807) is 48.5 Å². The van der Waals surface area contributed by atoms with Gasteiger partial charge in [-0.2, -0.15) is 13.2 Å². The zero-order valence-corrected chi connectivity index (χ0v) is 12.2. The van der Waals surface area contributed by atoms with E-state index in [-0.39, 0.29) is 0 Å². The molecule has 0 saturated carbocycles. The summed E-state index contributed by atoms with van der Waals surface area (Å²) in [6.45, 7) is 1.81. The quantitative estimate of drug-likeness (QED) is 0.757. The molecule has 2 aromatic carbocycles. The highest BCUT2D eigenvalue weighted by Gasteiger charge is 2.32. The summed E-state index contributed by atoms with van der Waals surface area (Å²) in [4.78, 5) is 0. The molecule has 1 atom stereocenters. The van der Waals surface area contributed by atoms with Crippen molar-refractivity contribution in [3.63, 3.8) is 0 Å². The SMILES string of the molecule is Cc1cc(Cl)ccc1NC(CC(F)(F)F)c1ccccc1. The highest BCUT2D eigenvalue weighted by atomic mass is 35.5. The standard InChI is InChI=1S/C16H15ClF3N/c1-11-9-13(17)7-8-14(11)21-15(10-16(18,19)20)12-5-3-2-4-6-12/h2-9,15,21H,10H2,1H3. The summed E-state index contributed by atoms with van der Waals surface area (Å²) < 4.78 is 38.4. The van der Waals surface area contributed by atoms with Gasteiger partial charge in [0.15, 0.2) is 0 Å². The number of anilines is 1. The van der Waals surface area contributed by atoms with E-state index < -0.39 is 18.6 Å². The molecular weight excluding hydrogens is 299 g/mol. The van der Waals surface area contributed by atoms with Crippen molar-refractivity contribution in [3.05, 3.63) is 64.7 Å². The molecule has 0 saturated heterocycles. The maximum absolute atomic E-state index is 12.8. The van der Waals surface area contributed by atoms with E-state index in [0.717, 1.165) is 5.56 Å². The lowest BCUT2D eigenvalue weighted by Crippen LogP contribution is -2.20. The van der Waals surface area contributed by atoms with Gasteiger partial charge < -0.3 is 5.32 Å². The second kappa shape index (κ2) is 6.39. The molecule has 0 heterocycles. The number of hydrogen-bond donors (Lipinski definition) is 1. The van der Waals surface area contributed by atoms with Gasteiger partial charge in [0.25, 0.3) is 0 Å². The van der Waals surface area contributed by atoms with Crippen LogP contribution < -0.4 is 5.32 Å². The minimum Gasteiger partial charge on any atom is -0.378 e. The molecule has 21 heavy (non-hydrogen) atoms. The minimum atomic E-state index is -4.24. The van der Waals surface area contributed by atoms with Gasteiger partial charge in [-0.3, -0.25) is 0 Å². The molecule has 1 N–H and O–H groups in total. The van der Waals surface area contributed by atoms with Crippen LogP contribution >= 0.6 is 11.6 Å². The molecule has 1 unspecified atom stereocenters. The van der Waals surface area contributed by atoms with Crippen molar-refractivity contribution in [3.8, 4) is 0 Å². The van der Waals surface area contributed by atoms with Gasteiger partial charge in [0.05, 0.1) is 12.5 Å². The summed E-state index contributed by atoms with van der Waals surface area (Å²) in [7, 11) is 0. The first-order valence-corrected chi connectivity index (χ1v) is 6.87. The lowest BCUT2D eigenvalue weighted by Gasteiger charge is -2.23. The number of aryl methyl sites for hydroxylation is 1. The van der Waals surface area contributed by atoms with Gasteiger partial charge in [0.2, 0.25) is 0 Å². The lowest BCUT2D eigenvalue weighted by atomic mass is 10.0. The van der Waals surface area contributed by atoms with E-state index in [1.807, 2.05) is 6.92 Å². The maximum atomic E-state index is 12.8. The summed E-state index contributed by atoms with van der Waals surface area (Å²) in [5.41, 5.74) is 2.06. The van der Waals surface area contributed by atoms with Crippen molar-refractivity contribution >= 4 is 17.3 Å². The molecule has 0 amide bonds. The van der Waals surface area contributed by atoms with Crippen LogP contribution in [0.4, 0.5) is 18.9 Å². The number of benzene rings is 2. The van der Waals surface area contributed by atoms with Crippen LogP contribution in [0.3, 0.4) is 0 Å². The first kappa shape index (κ1) is 15.7. The smallest absolute Gasteiger partial charge is 0.378 e. The van der Waals surface area contributed by atoms with Crippen molar-refractivity contribution in [2.45, 2.75) is 25.6 Å². The van der Waals surface area contributed by atoms with Crippen molar-refractivity contribution < 1.29 is 13.2 Å². The van der Waals surface area contributed by atoms with E-state index in [2.05, 4.69) is 5.32 Å². The van der Waals surface area contributed by atoms with Crippen LogP contribution in [0.15, 0.2) is 48.5 Å². The Morgan fingerprint density at radius 1 is 1.10 bits per heavy atom. The van der Waals surface area contributed by atoms with Crippen LogP contribution in [0.25, 0.3) is 0 Å². The fraction of sp³-hybridized carbons (Fsp3) is 0.250. The third-order valence-corrected chi connectivity index (χ3v) is 3.39. The number of alkyl halides is 3. The molecular formula is C16H15ClF3N. The van der Waals surface area contributed by atoms with Crippen LogP contribution in [0, 0.1) is 6.92 Å². The second-order valence-electron chi connectivity index (χ2n) is 4.89. The van der Waals surface area contributed by atoms with E-state index in [0.29, 0.717) is 16.3 Å². The molecule has 0 spiro atoms. The normalized spacial score (nSPS) is 13.0. The Bertz CT molecular complexity index is 596. The molecule has 112 valence electrons. The highest BCUT2D eigenvalue weighted by molar-refractivity contribution is 6.30. The Balaban J connectivity index is 2.28. The third kappa shape index (κ3) is 4.67. The van der Waals surface area contributed by atoms with E-state index in [1.165, 1.54) is 0 Å². The molecule has 0 radical (unpaired) electrons. The van der Waals surface area contributed by atoms with E-state index >= 15 is 0 Å². The summed E-state index contributed by atoms with van der Waals surface area (Å²) in [5.74, 6) is 0. The lowest BCUT2D eigenvalue weighted by molar-refractivity contribution is -0.137. The van der Waals surface area contributed by atoms with Crippen LogP contribution in [-0.4, -0.2) is 6.18 Å². The predicted octanol–water partition coefficient (Wildman–Crippen LogP) is 5.75. The Morgan fingerprint density at radius 2 is 1.76 bits per heavy atom. The minimum absolute atomic E-state index is 0.560. The first-order valence-electron chi connectivity index (χ1n) is 6.49. The van der Waals surface area contributed by atoms with Gasteiger partial charge in [-0.1, -0.05) is 41.9 Å². The van der Waals surface area contributed by atoms with Gasteiger partial charge in [-0.15, -0.1) is 0 Å². The van der Waals surface area contributed by atoms with Gasteiger partial charge in [0, 0.05) is 10.7 Å². The van der Waals surface area contributed by atoms with Gasteiger partial charge in [-0.25, -0.2) is 0 Å². The molecule has 0 fully saturated rings. The first-order chi connectivity index (χ1) is 9.85. The molecule has 0 aliphatic heterocycles. The maximum Gasteiger partial charge on any atom is 0.391 e. The number of halogens is 4. The summed E-state index contributed by atoms with van der Waals surface area (Å²) >= 11 is 5.87. The average molecular weight is 314 g/mol. The Kier molecular flexibility index (Phi) is 4.78. The zero-order valence-electron chi connectivity index (χ0n) is 11.4. The van der Waals surface area contributed by atoms with Crippen LogP contribution in [0.1, 0.15) is 23.6 Å². The van der Waals surface area contributed by atoms with E-state index in [4.69, 9.17) is 11.6 Å². The molecule has 0 aliphatic carbocycles. The van der Waals surface area contributed by atoms with Crippen molar-refractivity contribution in [1.82, 2.24) is 0 Å². The molecule has 1 nitrogen and oxygen atoms in total. The number of rotatable bonds is 4. The molecule has 0 aliphatic rings. The Hall–Kier alpha value is -1.68. The zero-order chi connectivity index (χ0) is 15.5. The number of nitrogens with one attached hydrogen (secondary N) is 1. The average Bonchev–Trinajstić information content (AvgIpc) is 2.40. The van der Waals surface area contributed by atoms with Gasteiger partial charge in [0.1, 0.15) is 0 Å². The Morgan fingerprint density at radius 3 is 2.33 bits per heavy atom. The molecule has 5 heteroatoms. The van der Waals surface area contributed by atoms with E-state index in [9.17, 15) is 13.2 Å². The number of hydrogen-bond acceptors (Lipinski definition) is 1. The van der Waals surface area contributed by atoms with Crippen molar-refractivity contribution in [1.29, 1.82) is 0 Å². The predicted molar refractivity (Wildman–Crippen MR) is 79.7 cm³/mol.